The van der Waals surface area contributed by atoms with Gasteiger partial charge in [-0.05, 0) is 48.6 Å². The Morgan fingerprint density at radius 1 is 1.26 bits per heavy atom. The molecule has 0 atom stereocenters. The molecule has 0 bridgehead atoms. The third-order valence-corrected chi connectivity index (χ3v) is 9.83. The molecule has 4 aromatic rings. The summed E-state index contributed by atoms with van der Waals surface area (Å²) in [5.74, 6) is -0.734. The number of hydrogen-bond acceptors (Lipinski definition) is 10. The number of carbonyl (C=O) groups is 2. The minimum Gasteiger partial charge on any atom is -0.468 e. The number of aryl methyl sites for hydroxylation is 2. The van der Waals surface area contributed by atoms with Crippen LogP contribution in [0.4, 0.5) is 5.00 Å². The fraction of sp³-hybridized carbons (Fsp3) is 0.200. The molecule has 0 saturated heterocycles. The van der Waals surface area contributed by atoms with Crippen molar-refractivity contribution >= 4 is 67.1 Å². The molecule has 1 aliphatic heterocycles. The van der Waals surface area contributed by atoms with Crippen molar-refractivity contribution in [3.63, 3.8) is 0 Å². The molecule has 2 aliphatic rings. The van der Waals surface area contributed by atoms with Gasteiger partial charge >= 0.3 is 5.97 Å². The summed E-state index contributed by atoms with van der Waals surface area (Å²) in [7, 11) is 1.46. The van der Waals surface area contributed by atoms with Crippen LogP contribution in [0.1, 0.15) is 32.8 Å². The van der Waals surface area contributed by atoms with E-state index in [4.69, 9.17) is 19.2 Å². The average Bonchev–Trinajstić information content (AvgIpc) is 3.68. The molecule has 214 valence electrons. The number of thioether (sulfide) groups is 1. The first-order valence-corrected chi connectivity index (χ1v) is 15.7. The second kappa shape index (κ2) is 12.0. The van der Waals surface area contributed by atoms with Crippen LogP contribution in [0.5, 0.6) is 0 Å². The van der Waals surface area contributed by atoms with Crippen molar-refractivity contribution in [1.29, 1.82) is 0 Å². The number of fused-ring (bicyclic) bond motifs is 4. The predicted molar refractivity (Wildman–Crippen MR) is 166 cm³/mol. The monoisotopic (exact) mass is 619 g/mol. The van der Waals surface area contributed by atoms with Gasteiger partial charge in [0.15, 0.2) is 5.16 Å². The number of rotatable bonds is 9. The van der Waals surface area contributed by atoms with Crippen LogP contribution < -0.4 is 10.9 Å². The summed E-state index contributed by atoms with van der Waals surface area (Å²) in [6.07, 6.45) is 7.48. The number of aromatic nitrogens is 2. The van der Waals surface area contributed by atoms with Crippen LogP contribution >= 0.6 is 34.4 Å². The third kappa shape index (κ3) is 5.28. The average molecular weight is 620 g/mol. The second-order valence-corrected chi connectivity index (χ2v) is 12.2. The SMILES string of the molecule is C=CO/C(=C\C1=CCOC(=O)c2c1csc2NC(=O)CSc1nc2sc3c(c2c(=O)n1-c1ccccc1)CCC3)OC. The molecule has 1 aromatic carbocycles. The van der Waals surface area contributed by atoms with Gasteiger partial charge in [0.2, 0.25) is 5.91 Å². The van der Waals surface area contributed by atoms with Gasteiger partial charge in [0.25, 0.3) is 11.5 Å². The van der Waals surface area contributed by atoms with E-state index in [2.05, 4.69) is 11.9 Å². The van der Waals surface area contributed by atoms with E-state index in [-0.39, 0.29) is 35.3 Å². The topological polar surface area (TPSA) is 109 Å². The van der Waals surface area contributed by atoms with Crippen LogP contribution in [0.25, 0.3) is 21.5 Å². The maximum Gasteiger partial charge on any atom is 0.342 e. The highest BCUT2D eigenvalue weighted by atomic mass is 32.2. The van der Waals surface area contributed by atoms with Crippen LogP contribution in [-0.2, 0) is 31.8 Å². The van der Waals surface area contributed by atoms with Crippen LogP contribution in [0, 0.1) is 0 Å². The zero-order valence-electron chi connectivity index (χ0n) is 22.5. The van der Waals surface area contributed by atoms with E-state index in [1.54, 1.807) is 33.4 Å². The summed E-state index contributed by atoms with van der Waals surface area (Å²) in [6.45, 7) is 3.59. The highest BCUT2D eigenvalue weighted by Gasteiger charge is 2.27. The number of allylic oxidation sites excluding steroid dienone is 2. The van der Waals surface area contributed by atoms with E-state index in [0.717, 1.165) is 24.8 Å². The Morgan fingerprint density at radius 2 is 2.10 bits per heavy atom. The van der Waals surface area contributed by atoms with Crippen molar-refractivity contribution in [3.05, 3.63) is 98.6 Å². The van der Waals surface area contributed by atoms with Crippen LogP contribution in [0.15, 0.2) is 76.6 Å². The van der Waals surface area contributed by atoms with Crippen molar-refractivity contribution in [2.24, 2.45) is 0 Å². The van der Waals surface area contributed by atoms with Crippen molar-refractivity contribution in [3.8, 4) is 5.69 Å². The summed E-state index contributed by atoms with van der Waals surface area (Å²) in [5.41, 5.74) is 3.15. The number of anilines is 1. The molecule has 0 radical (unpaired) electrons. The first-order chi connectivity index (χ1) is 20.5. The van der Waals surface area contributed by atoms with Gasteiger partial charge in [-0.3, -0.25) is 14.2 Å². The standard InChI is InChI=1S/C30H25N3O6S3/c1-3-38-23(37-2)14-17-12-13-39-29(36)25-20(17)15-40-26(25)31-22(34)16-41-30-32-27-24(19-10-7-11-21(19)42-27)28(35)33(30)18-8-5-4-6-9-18/h3-6,8-9,12,14-15H,1,7,10-11,13,16H2,2H3,(H,31,34)/b23-14-. The lowest BCUT2D eigenvalue weighted by Gasteiger charge is -2.12. The highest BCUT2D eigenvalue weighted by molar-refractivity contribution is 7.99. The first-order valence-electron chi connectivity index (χ1n) is 13.1. The molecular formula is C30H25N3O6S3. The Kier molecular flexibility index (Phi) is 8.00. The maximum absolute atomic E-state index is 13.8. The number of esters is 1. The van der Waals surface area contributed by atoms with Gasteiger partial charge in [-0.15, -0.1) is 22.7 Å². The van der Waals surface area contributed by atoms with Crippen LogP contribution in [0.2, 0.25) is 0 Å². The molecule has 1 amide bonds. The lowest BCUT2D eigenvalue weighted by atomic mass is 10.0. The predicted octanol–water partition coefficient (Wildman–Crippen LogP) is 5.93. The van der Waals surface area contributed by atoms with E-state index in [1.807, 2.05) is 30.3 Å². The Hall–Kier alpha value is -4.13. The van der Waals surface area contributed by atoms with Gasteiger partial charge in [-0.1, -0.05) is 36.5 Å². The lowest BCUT2D eigenvalue weighted by molar-refractivity contribution is -0.113. The molecule has 0 fully saturated rings. The summed E-state index contributed by atoms with van der Waals surface area (Å²) in [5, 5.41) is 6.10. The Balaban J connectivity index is 1.28. The van der Waals surface area contributed by atoms with Gasteiger partial charge in [0.05, 0.1) is 30.2 Å². The Labute approximate surface area is 253 Å². The van der Waals surface area contributed by atoms with E-state index in [0.29, 0.717) is 37.2 Å². The highest BCUT2D eigenvalue weighted by Crippen LogP contribution is 2.38. The summed E-state index contributed by atoms with van der Waals surface area (Å²) < 4.78 is 17.4. The molecule has 9 nitrogen and oxygen atoms in total. The van der Waals surface area contributed by atoms with Gasteiger partial charge in [-0.2, -0.15) is 0 Å². The van der Waals surface area contributed by atoms with Crippen LogP contribution in [-0.4, -0.2) is 40.9 Å². The number of ether oxygens (including phenoxy) is 3. The second-order valence-electron chi connectivity index (χ2n) is 9.31. The third-order valence-electron chi connectivity index (χ3n) is 6.81. The first kappa shape index (κ1) is 28.0. The number of thiophene rings is 2. The zero-order chi connectivity index (χ0) is 29.2. The number of amides is 1. The zero-order valence-corrected chi connectivity index (χ0v) is 25.0. The minimum atomic E-state index is -0.548. The smallest absolute Gasteiger partial charge is 0.342 e. The summed E-state index contributed by atoms with van der Waals surface area (Å²) in [6, 6.07) is 9.32. The number of cyclic esters (lactones) is 1. The van der Waals surface area contributed by atoms with E-state index >= 15 is 0 Å². The van der Waals surface area contributed by atoms with E-state index in [9.17, 15) is 14.4 Å². The van der Waals surface area contributed by atoms with Gasteiger partial charge in [-0.25, -0.2) is 9.78 Å². The lowest BCUT2D eigenvalue weighted by Crippen LogP contribution is -2.23. The number of carbonyl (C=O) groups excluding carboxylic acids is 2. The molecular weight excluding hydrogens is 595 g/mol. The maximum atomic E-state index is 13.8. The van der Waals surface area contributed by atoms with E-state index in [1.165, 1.54) is 41.3 Å². The molecule has 3 aromatic heterocycles. The largest absolute Gasteiger partial charge is 0.468 e. The molecule has 0 saturated carbocycles. The van der Waals surface area contributed by atoms with Gasteiger partial charge in [0, 0.05) is 21.9 Å². The Morgan fingerprint density at radius 3 is 2.88 bits per heavy atom. The van der Waals surface area contributed by atoms with Crippen molar-refractivity contribution in [1.82, 2.24) is 9.55 Å². The van der Waals surface area contributed by atoms with Crippen molar-refractivity contribution in [2.75, 3.05) is 24.8 Å². The van der Waals surface area contributed by atoms with Crippen LogP contribution in [0.3, 0.4) is 0 Å². The number of hydrogen-bond donors (Lipinski definition) is 1. The minimum absolute atomic E-state index is 0.0266. The molecule has 1 N–H and O–H groups in total. The number of methoxy groups -OCH3 is 1. The molecule has 12 heteroatoms. The fourth-order valence-electron chi connectivity index (χ4n) is 4.96. The van der Waals surface area contributed by atoms with Crippen molar-refractivity contribution in [2.45, 2.75) is 24.4 Å². The number of nitrogens with zero attached hydrogens (tertiary/aromatic N) is 2. The number of para-hydroxylation sites is 1. The molecule has 4 heterocycles. The van der Waals surface area contributed by atoms with Crippen molar-refractivity contribution < 1.29 is 23.8 Å². The van der Waals surface area contributed by atoms with E-state index < -0.39 is 5.97 Å². The molecule has 6 rings (SSSR count). The van der Waals surface area contributed by atoms with Gasteiger partial charge in [0.1, 0.15) is 22.0 Å². The molecule has 0 unspecified atom stereocenters. The molecule has 1 aliphatic carbocycles. The fourth-order valence-corrected chi connectivity index (χ4v) is 8.05. The molecule has 0 spiro atoms. The number of benzene rings is 1. The number of nitrogens with one attached hydrogen (secondary N) is 1. The normalized spacial score (nSPS) is 14.5. The Bertz CT molecular complexity index is 1830. The summed E-state index contributed by atoms with van der Waals surface area (Å²) >= 11 is 3.95. The summed E-state index contributed by atoms with van der Waals surface area (Å²) in [4.78, 5) is 46.6. The van der Waals surface area contributed by atoms with Gasteiger partial charge < -0.3 is 19.5 Å². The molecule has 42 heavy (non-hydrogen) atoms. The quantitative estimate of drug-likeness (QED) is 0.106.